The lowest BCUT2D eigenvalue weighted by molar-refractivity contribution is 0.205. The van der Waals surface area contributed by atoms with Crippen LogP contribution in [0.15, 0.2) is 12.3 Å². The number of aliphatic hydroxyl groups is 1. The monoisotopic (exact) mass is 269 g/mol. The highest BCUT2D eigenvalue weighted by Crippen LogP contribution is 2.23. The van der Waals surface area contributed by atoms with E-state index in [9.17, 15) is 5.11 Å². The summed E-state index contributed by atoms with van der Waals surface area (Å²) in [4.78, 5) is 3.80. The van der Waals surface area contributed by atoms with E-state index in [2.05, 4.69) is 20.9 Å². The second-order valence-electron chi connectivity index (χ2n) is 2.21. The molecule has 1 unspecified atom stereocenters. The van der Waals surface area contributed by atoms with E-state index in [0.29, 0.717) is 15.9 Å². The lowest BCUT2D eigenvalue weighted by Crippen LogP contribution is -1.98. The first-order valence-electron chi connectivity index (χ1n) is 3.20. The zero-order chi connectivity index (χ0) is 9.14. The summed E-state index contributed by atoms with van der Waals surface area (Å²) in [6.07, 6.45) is 0.910. The van der Waals surface area contributed by atoms with Crippen LogP contribution in [0.25, 0.3) is 0 Å². The molecule has 0 bridgehead atoms. The van der Waals surface area contributed by atoms with E-state index in [1.807, 2.05) is 0 Å². The molecule has 2 nitrogen and oxygen atoms in total. The van der Waals surface area contributed by atoms with E-state index < -0.39 is 6.10 Å². The minimum atomic E-state index is -0.590. The molecule has 0 aliphatic carbocycles. The van der Waals surface area contributed by atoms with E-state index in [-0.39, 0.29) is 5.15 Å². The summed E-state index contributed by atoms with van der Waals surface area (Å²) < 4.78 is 0. The summed E-state index contributed by atoms with van der Waals surface area (Å²) >= 11 is 14.4. The third-order valence-electron chi connectivity index (χ3n) is 1.35. The minimum absolute atomic E-state index is 0.252. The van der Waals surface area contributed by atoms with E-state index in [0.717, 1.165) is 0 Å². The summed E-state index contributed by atoms with van der Waals surface area (Å²) in [6, 6.07) is 1.60. The van der Waals surface area contributed by atoms with Crippen molar-refractivity contribution in [3.05, 3.63) is 28.0 Å². The molecule has 0 saturated heterocycles. The molecule has 66 valence electrons. The molecule has 0 spiro atoms. The van der Waals surface area contributed by atoms with E-state index in [1.54, 1.807) is 6.07 Å². The minimum Gasteiger partial charge on any atom is -0.387 e. The van der Waals surface area contributed by atoms with Gasteiger partial charge in [0, 0.05) is 17.1 Å². The van der Waals surface area contributed by atoms with Gasteiger partial charge in [0.15, 0.2) is 0 Å². The standard InChI is InChI=1S/C7H6BrCl2NO/c8-2-6(12)4-1-5(9)7(10)11-3-4/h1,3,6,12H,2H2. The third-order valence-corrected chi connectivity index (χ3v) is 2.65. The molecular formula is C7H6BrCl2NO. The Balaban J connectivity index is 2.96. The second kappa shape index (κ2) is 4.42. The Morgan fingerprint density at radius 2 is 2.25 bits per heavy atom. The summed E-state index contributed by atoms with van der Waals surface area (Å²) in [5, 5.41) is 10.4. The highest BCUT2D eigenvalue weighted by atomic mass is 79.9. The van der Waals surface area contributed by atoms with Gasteiger partial charge in [0.2, 0.25) is 0 Å². The first-order chi connectivity index (χ1) is 5.65. The van der Waals surface area contributed by atoms with Crippen LogP contribution in [0.5, 0.6) is 0 Å². The van der Waals surface area contributed by atoms with Crippen LogP contribution < -0.4 is 0 Å². The topological polar surface area (TPSA) is 33.1 Å². The number of halogens is 3. The van der Waals surface area contributed by atoms with Crippen LogP contribution in [0.2, 0.25) is 10.2 Å². The van der Waals surface area contributed by atoms with Crippen molar-refractivity contribution in [1.29, 1.82) is 0 Å². The number of nitrogens with zero attached hydrogens (tertiary/aromatic N) is 1. The van der Waals surface area contributed by atoms with E-state index in [4.69, 9.17) is 23.2 Å². The fourth-order valence-electron chi connectivity index (χ4n) is 0.707. The van der Waals surface area contributed by atoms with Crippen molar-refractivity contribution in [2.45, 2.75) is 6.10 Å². The normalized spacial score (nSPS) is 13.0. The molecular weight excluding hydrogens is 265 g/mol. The zero-order valence-corrected chi connectivity index (χ0v) is 9.07. The van der Waals surface area contributed by atoms with Gasteiger partial charge in [-0.2, -0.15) is 0 Å². The van der Waals surface area contributed by atoms with Gasteiger partial charge in [-0.1, -0.05) is 39.1 Å². The van der Waals surface area contributed by atoms with Gasteiger partial charge in [-0.3, -0.25) is 0 Å². The molecule has 1 rings (SSSR count). The summed E-state index contributed by atoms with van der Waals surface area (Å²) in [7, 11) is 0. The second-order valence-corrected chi connectivity index (χ2v) is 3.62. The van der Waals surface area contributed by atoms with Crippen molar-refractivity contribution in [1.82, 2.24) is 4.98 Å². The highest BCUT2D eigenvalue weighted by Gasteiger charge is 2.08. The lowest BCUT2D eigenvalue weighted by Gasteiger charge is -2.06. The van der Waals surface area contributed by atoms with Crippen LogP contribution >= 0.6 is 39.1 Å². The van der Waals surface area contributed by atoms with Gasteiger partial charge in [-0.15, -0.1) is 0 Å². The van der Waals surface area contributed by atoms with Crippen LogP contribution in [0.3, 0.4) is 0 Å². The van der Waals surface area contributed by atoms with E-state index >= 15 is 0 Å². The number of rotatable bonds is 2. The van der Waals surface area contributed by atoms with Crippen molar-refractivity contribution < 1.29 is 5.11 Å². The molecule has 0 amide bonds. The molecule has 1 atom stereocenters. The number of alkyl halides is 1. The molecule has 1 heterocycles. The van der Waals surface area contributed by atoms with Crippen molar-refractivity contribution in [2.24, 2.45) is 0 Å². The predicted octanol–water partition coefficient (Wildman–Crippen LogP) is 2.82. The Bertz CT molecular complexity index is 282. The van der Waals surface area contributed by atoms with Crippen molar-refractivity contribution in [3.8, 4) is 0 Å². The maximum atomic E-state index is 9.36. The van der Waals surface area contributed by atoms with Gasteiger partial charge in [-0.05, 0) is 6.07 Å². The third kappa shape index (κ3) is 2.33. The van der Waals surface area contributed by atoms with Gasteiger partial charge >= 0.3 is 0 Å². The maximum absolute atomic E-state index is 9.36. The van der Waals surface area contributed by atoms with Gasteiger partial charge in [0.1, 0.15) is 5.15 Å². The van der Waals surface area contributed by atoms with Crippen LogP contribution in [0, 0.1) is 0 Å². The van der Waals surface area contributed by atoms with Crippen LogP contribution in [-0.2, 0) is 0 Å². The summed E-state index contributed by atoms with van der Waals surface area (Å²) in [6.45, 7) is 0. The number of aliphatic hydroxyl groups excluding tert-OH is 1. The summed E-state index contributed by atoms with van der Waals surface area (Å²) in [5.74, 6) is 0. The quantitative estimate of drug-likeness (QED) is 0.662. The van der Waals surface area contributed by atoms with Gasteiger partial charge in [0.05, 0.1) is 11.1 Å². The molecule has 0 aliphatic heterocycles. The van der Waals surface area contributed by atoms with Gasteiger partial charge in [-0.25, -0.2) is 4.98 Å². The Hall–Kier alpha value is 0.170. The lowest BCUT2D eigenvalue weighted by atomic mass is 10.2. The zero-order valence-electron chi connectivity index (χ0n) is 5.97. The molecule has 0 saturated carbocycles. The number of pyridine rings is 1. The molecule has 0 aromatic carbocycles. The Morgan fingerprint density at radius 1 is 1.58 bits per heavy atom. The molecule has 0 fully saturated rings. The predicted molar refractivity (Wildman–Crippen MR) is 53.0 cm³/mol. The summed E-state index contributed by atoms with van der Waals surface area (Å²) in [5.41, 5.74) is 0.654. The molecule has 1 N–H and O–H groups in total. The molecule has 1 aromatic rings. The van der Waals surface area contributed by atoms with Crippen LogP contribution in [-0.4, -0.2) is 15.4 Å². The SMILES string of the molecule is OC(CBr)c1cnc(Cl)c(Cl)c1. The molecule has 5 heteroatoms. The Kier molecular flexibility index (Phi) is 3.77. The Labute approximate surface area is 88.6 Å². The van der Waals surface area contributed by atoms with Crippen molar-refractivity contribution >= 4 is 39.1 Å². The van der Waals surface area contributed by atoms with Crippen LogP contribution in [0.4, 0.5) is 0 Å². The number of aromatic nitrogens is 1. The van der Waals surface area contributed by atoms with Crippen molar-refractivity contribution in [3.63, 3.8) is 0 Å². The van der Waals surface area contributed by atoms with E-state index in [1.165, 1.54) is 6.20 Å². The van der Waals surface area contributed by atoms with Gasteiger partial charge in [0.25, 0.3) is 0 Å². The average molecular weight is 271 g/mol. The Morgan fingerprint density at radius 3 is 2.75 bits per heavy atom. The fourth-order valence-corrected chi connectivity index (χ4v) is 1.36. The number of hydrogen-bond donors (Lipinski definition) is 1. The van der Waals surface area contributed by atoms with Crippen LogP contribution in [0.1, 0.15) is 11.7 Å². The largest absolute Gasteiger partial charge is 0.387 e. The molecule has 0 radical (unpaired) electrons. The maximum Gasteiger partial charge on any atom is 0.147 e. The highest BCUT2D eigenvalue weighted by molar-refractivity contribution is 9.09. The fraction of sp³-hybridized carbons (Fsp3) is 0.286. The first kappa shape index (κ1) is 10.3. The van der Waals surface area contributed by atoms with Gasteiger partial charge < -0.3 is 5.11 Å². The van der Waals surface area contributed by atoms with Crippen molar-refractivity contribution in [2.75, 3.05) is 5.33 Å². The molecule has 0 aliphatic rings. The smallest absolute Gasteiger partial charge is 0.147 e. The molecule has 1 aromatic heterocycles. The molecule has 12 heavy (non-hydrogen) atoms. The average Bonchev–Trinajstić information content (AvgIpc) is 2.08. The number of hydrogen-bond acceptors (Lipinski definition) is 2. The first-order valence-corrected chi connectivity index (χ1v) is 5.08.